The van der Waals surface area contributed by atoms with Crippen LogP contribution in [0.3, 0.4) is 0 Å². The third kappa shape index (κ3) is 1.89. The first-order valence-electron chi connectivity index (χ1n) is 5.88. The van der Waals surface area contributed by atoms with Gasteiger partial charge in [0, 0.05) is 19.3 Å². The van der Waals surface area contributed by atoms with Gasteiger partial charge in [-0.05, 0) is 39.2 Å². The number of aryl methyl sites for hydroxylation is 1. The molecule has 2 heterocycles. The molecule has 0 N–H and O–H groups in total. The Kier molecular flexibility index (Phi) is 3.10. The van der Waals surface area contributed by atoms with Crippen LogP contribution in [0.25, 0.3) is 0 Å². The summed E-state index contributed by atoms with van der Waals surface area (Å²) in [5, 5.41) is 4.12. The van der Waals surface area contributed by atoms with E-state index in [-0.39, 0.29) is 5.78 Å². The molecule has 88 valence electrons. The van der Waals surface area contributed by atoms with Crippen LogP contribution in [-0.2, 0) is 11.3 Å². The molecule has 1 unspecified atom stereocenters. The first kappa shape index (κ1) is 11.3. The maximum absolute atomic E-state index is 12.4. The highest BCUT2D eigenvalue weighted by Gasteiger charge is 2.37. The van der Waals surface area contributed by atoms with E-state index >= 15 is 0 Å². The van der Waals surface area contributed by atoms with Gasteiger partial charge in [0.2, 0.25) is 5.78 Å². The molecule has 1 fully saturated rings. The van der Waals surface area contributed by atoms with Gasteiger partial charge in [-0.2, -0.15) is 5.10 Å². The van der Waals surface area contributed by atoms with E-state index in [1.54, 1.807) is 16.9 Å². The molecule has 4 heteroatoms. The van der Waals surface area contributed by atoms with Gasteiger partial charge in [-0.15, -0.1) is 0 Å². The van der Waals surface area contributed by atoms with Crippen molar-refractivity contribution in [2.75, 3.05) is 6.61 Å². The summed E-state index contributed by atoms with van der Waals surface area (Å²) < 4.78 is 7.39. The van der Waals surface area contributed by atoms with E-state index in [2.05, 4.69) is 5.10 Å². The van der Waals surface area contributed by atoms with Gasteiger partial charge in [0.15, 0.2) is 0 Å². The fourth-order valence-electron chi connectivity index (χ4n) is 2.16. The van der Waals surface area contributed by atoms with Crippen molar-refractivity contribution in [3.63, 3.8) is 0 Å². The normalized spacial score (nSPS) is 25.6. The zero-order valence-corrected chi connectivity index (χ0v) is 9.90. The van der Waals surface area contributed by atoms with E-state index in [0.717, 1.165) is 19.3 Å². The first-order valence-corrected chi connectivity index (χ1v) is 5.88. The summed E-state index contributed by atoms with van der Waals surface area (Å²) in [6, 6.07) is 1.77. The molecule has 2 rings (SSSR count). The molecule has 0 radical (unpaired) electrons. The maximum atomic E-state index is 12.4. The lowest BCUT2D eigenvalue weighted by Crippen LogP contribution is -2.42. The first-order chi connectivity index (χ1) is 7.67. The van der Waals surface area contributed by atoms with Gasteiger partial charge < -0.3 is 4.74 Å². The number of rotatable bonds is 3. The van der Waals surface area contributed by atoms with Gasteiger partial charge in [0.1, 0.15) is 11.3 Å². The Morgan fingerprint density at radius 3 is 3.06 bits per heavy atom. The number of carbonyl (C=O) groups is 1. The van der Waals surface area contributed by atoms with Crippen LogP contribution in [0, 0.1) is 0 Å². The zero-order valence-electron chi connectivity index (χ0n) is 9.90. The third-order valence-corrected chi connectivity index (χ3v) is 3.20. The molecule has 4 nitrogen and oxygen atoms in total. The number of hydrogen-bond acceptors (Lipinski definition) is 3. The number of nitrogens with zero attached hydrogens (tertiary/aromatic N) is 2. The van der Waals surface area contributed by atoms with Crippen molar-refractivity contribution >= 4 is 5.78 Å². The standard InChI is InChI=1S/C12H18N2O2/c1-3-14-10(6-8-13-14)11(15)12(2)7-4-5-9-16-12/h6,8H,3-5,7,9H2,1-2H3. The summed E-state index contributed by atoms with van der Waals surface area (Å²) in [6.07, 6.45) is 4.59. The molecule has 1 aromatic heterocycles. The predicted octanol–water partition coefficient (Wildman–Crippen LogP) is 2.04. The third-order valence-electron chi connectivity index (χ3n) is 3.20. The van der Waals surface area contributed by atoms with Crippen molar-refractivity contribution in [1.29, 1.82) is 0 Å². The van der Waals surface area contributed by atoms with Gasteiger partial charge in [-0.1, -0.05) is 0 Å². The molecule has 0 aliphatic carbocycles. The highest BCUT2D eigenvalue weighted by Crippen LogP contribution is 2.28. The summed E-state index contributed by atoms with van der Waals surface area (Å²) >= 11 is 0. The number of aromatic nitrogens is 2. The summed E-state index contributed by atoms with van der Waals surface area (Å²) in [6.45, 7) is 5.27. The zero-order chi connectivity index (χ0) is 11.6. The fraction of sp³-hybridized carbons (Fsp3) is 0.667. The topological polar surface area (TPSA) is 44.1 Å². The number of hydrogen-bond donors (Lipinski definition) is 0. The molecule has 0 saturated carbocycles. The van der Waals surface area contributed by atoms with Crippen LogP contribution >= 0.6 is 0 Å². The summed E-state index contributed by atoms with van der Waals surface area (Å²) in [5.41, 5.74) is 0.0116. The lowest BCUT2D eigenvalue weighted by atomic mass is 9.90. The van der Waals surface area contributed by atoms with E-state index in [9.17, 15) is 4.79 Å². The van der Waals surface area contributed by atoms with Crippen LogP contribution < -0.4 is 0 Å². The summed E-state index contributed by atoms with van der Waals surface area (Å²) in [5.74, 6) is 0.0616. The van der Waals surface area contributed by atoms with Gasteiger partial charge in [-0.25, -0.2) is 0 Å². The lowest BCUT2D eigenvalue weighted by Gasteiger charge is -2.32. The molecule has 16 heavy (non-hydrogen) atoms. The Morgan fingerprint density at radius 1 is 1.62 bits per heavy atom. The molecule has 0 spiro atoms. The second kappa shape index (κ2) is 4.37. The van der Waals surface area contributed by atoms with Gasteiger partial charge in [0.25, 0.3) is 0 Å². The average molecular weight is 222 g/mol. The van der Waals surface area contributed by atoms with Crippen LogP contribution in [0.4, 0.5) is 0 Å². The van der Waals surface area contributed by atoms with E-state index in [4.69, 9.17) is 4.74 Å². The molecule has 1 atom stereocenters. The highest BCUT2D eigenvalue weighted by molar-refractivity contribution is 6.00. The number of carbonyl (C=O) groups excluding carboxylic acids is 1. The van der Waals surface area contributed by atoms with Crippen molar-refractivity contribution in [3.05, 3.63) is 18.0 Å². The van der Waals surface area contributed by atoms with Crippen LogP contribution in [0.2, 0.25) is 0 Å². The van der Waals surface area contributed by atoms with Crippen molar-refractivity contribution in [2.24, 2.45) is 0 Å². The Hall–Kier alpha value is -1.16. The minimum atomic E-state index is -0.648. The monoisotopic (exact) mass is 222 g/mol. The molecular weight excluding hydrogens is 204 g/mol. The molecule has 0 bridgehead atoms. The fourth-order valence-corrected chi connectivity index (χ4v) is 2.16. The van der Waals surface area contributed by atoms with E-state index in [1.807, 2.05) is 13.8 Å². The quantitative estimate of drug-likeness (QED) is 0.735. The van der Waals surface area contributed by atoms with E-state index in [1.165, 1.54) is 0 Å². The van der Waals surface area contributed by atoms with Gasteiger partial charge in [-0.3, -0.25) is 9.48 Å². The second-order valence-corrected chi connectivity index (χ2v) is 4.40. The minimum absolute atomic E-state index is 0.0616. The molecular formula is C12H18N2O2. The van der Waals surface area contributed by atoms with Crippen molar-refractivity contribution in [3.8, 4) is 0 Å². The SMILES string of the molecule is CCn1nccc1C(=O)C1(C)CCCCO1. The van der Waals surface area contributed by atoms with Crippen molar-refractivity contribution in [2.45, 2.75) is 45.3 Å². The molecule has 0 aromatic carbocycles. The van der Waals surface area contributed by atoms with Crippen LogP contribution in [-0.4, -0.2) is 27.8 Å². The van der Waals surface area contributed by atoms with Crippen LogP contribution in [0.1, 0.15) is 43.6 Å². The Bertz CT molecular complexity index is 378. The molecule has 1 aliphatic heterocycles. The van der Waals surface area contributed by atoms with Crippen LogP contribution in [0.5, 0.6) is 0 Å². The largest absolute Gasteiger partial charge is 0.367 e. The van der Waals surface area contributed by atoms with E-state index < -0.39 is 5.60 Å². The number of ketones is 1. The summed E-state index contributed by atoms with van der Waals surface area (Å²) in [4.78, 5) is 12.4. The Balaban J connectivity index is 2.24. The predicted molar refractivity (Wildman–Crippen MR) is 60.4 cm³/mol. The molecule has 1 aliphatic rings. The van der Waals surface area contributed by atoms with Gasteiger partial charge >= 0.3 is 0 Å². The molecule has 0 amide bonds. The van der Waals surface area contributed by atoms with Crippen molar-refractivity contribution < 1.29 is 9.53 Å². The smallest absolute Gasteiger partial charge is 0.212 e. The lowest BCUT2D eigenvalue weighted by molar-refractivity contribution is -0.0431. The summed E-state index contributed by atoms with van der Waals surface area (Å²) in [7, 11) is 0. The minimum Gasteiger partial charge on any atom is -0.367 e. The van der Waals surface area contributed by atoms with Crippen LogP contribution in [0.15, 0.2) is 12.3 Å². The average Bonchev–Trinajstić information content (AvgIpc) is 2.77. The number of Topliss-reactive ketones (excluding diaryl/α,β-unsaturated/α-hetero) is 1. The maximum Gasteiger partial charge on any atom is 0.212 e. The Morgan fingerprint density at radius 2 is 2.44 bits per heavy atom. The highest BCUT2D eigenvalue weighted by atomic mass is 16.5. The van der Waals surface area contributed by atoms with Gasteiger partial charge in [0.05, 0.1) is 0 Å². The number of ether oxygens (including phenoxy) is 1. The second-order valence-electron chi connectivity index (χ2n) is 4.40. The molecule has 1 aromatic rings. The Labute approximate surface area is 95.6 Å². The molecule has 1 saturated heterocycles. The van der Waals surface area contributed by atoms with E-state index in [0.29, 0.717) is 18.8 Å². The van der Waals surface area contributed by atoms with Crippen molar-refractivity contribution in [1.82, 2.24) is 9.78 Å².